The van der Waals surface area contributed by atoms with E-state index < -0.39 is 20.0 Å². The Kier molecular flexibility index (Phi) is 7.40. The van der Waals surface area contributed by atoms with Gasteiger partial charge >= 0.3 is 0 Å². The maximum atomic E-state index is 14.7. The quantitative estimate of drug-likeness (QED) is 0.437. The lowest BCUT2D eigenvalue weighted by atomic mass is 9.98. The topological polar surface area (TPSA) is 94.0 Å². The van der Waals surface area contributed by atoms with E-state index >= 15 is 0 Å². The van der Waals surface area contributed by atoms with Crippen molar-refractivity contribution in [3.05, 3.63) is 59.2 Å². The smallest absolute Gasteiger partial charge is 0.259 e. The van der Waals surface area contributed by atoms with Gasteiger partial charge in [-0.2, -0.15) is 0 Å². The van der Waals surface area contributed by atoms with E-state index in [9.17, 15) is 9.18 Å². The average molecular weight is 511 g/mol. The van der Waals surface area contributed by atoms with Crippen molar-refractivity contribution in [1.82, 2.24) is 25.1 Å². The first-order valence-corrected chi connectivity index (χ1v) is 15.2. The van der Waals surface area contributed by atoms with E-state index in [4.69, 9.17) is 4.43 Å². The Hall–Kier alpha value is -2.95. The zero-order valence-electron chi connectivity index (χ0n) is 21.9. The molecule has 2 aromatic heterocycles. The van der Waals surface area contributed by atoms with Crippen molar-refractivity contribution in [2.24, 2.45) is 0 Å². The number of rotatable bonds is 7. The first kappa shape index (κ1) is 26.1. The molecule has 1 aromatic carbocycles. The monoisotopic (exact) mass is 510 g/mol. The van der Waals surface area contributed by atoms with Crippen molar-refractivity contribution in [3.63, 3.8) is 0 Å². The van der Waals surface area contributed by atoms with Crippen LogP contribution in [0.1, 0.15) is 55.2 Å². The largest absolute Gasteiger partial charge is 0.415 e. The molecule has 1 unspecified atom stereocenters. The van der Waals surface area contributed by atoms with E-state index in [1.807, 2.05) is 10.6 Å². The number of halogens is 1. The number of hydrogen-bond donors (Lipinski definition) is 2. The Morgan fingerprint density at radius 1 is 1.28 bits per heavy atom. The highest BCUT2D eigenvalue weighted by molar-refractivity contribution is 6.74. The second-order valence-electron chi connectivity index (χ2n) is 10.9. The molecule has 0 saturated heterocycles. The highest BCUT2D eigenvalue weighted by Gasteiger charge is 2.37. The zero-order chi connectivity index (χ0) is 26.1. The molecule has 1 aliphatic heterocycles. The molecule has 0 saturated carbocycles. The number of anilines is 1. The summed E-state index contributed by atoms with van der Waals surface area (Å²) in [6.07, 6.45) is 2.41. The second-order valence-corrected chi connectivity index (χ2v) is 15.7. The van der Waals surface area contributed by atoms with Crippen molar-refractivity contribution < 1.29 is 13.6 Å². The van der Waals surface area contributed by atoms with E-state index in [-0.39, 0.29) is 16.6 Å². The first-order chi connectivity index (χ1) is 17.0. The van der Waals surface area contributed by atoms with Crippen LogP contribution in [0, 0.1) is 5.82 Å². The van der Waals surface area contributed by atoms with Crippen molar-refractivity contribution in [2.75, 3.05) is 18.5 Å². The third-order valence-corrected chi connectivity index (χ3v) is 11.7. The van der Waals surface area contributed by atoms with Crippen LogP contribution < -0.4 is 10.6 Å². The van der Waals surface area contributed by atoms with E-state index in [1.165, 1.54) is 6.07 Å². The summed E-state index contributed by atoms with van der Waals surface area (Å²) < 4.78 is 23.0. The number of nitrogens with zero attached hydrogens (tertiary/aromatic N) is 4. The minimum absolute atomic E-state index is 0.00391. The molecule has 8 nitrogen and oxygen atoms in total. The minimum Gasteiger partial charge on any atom is -0.415 e. The Bertz CT molecular complexity index is 1250. The number of pyridine rings is 1. The van der Waals surface area contributed by atoms with Crippen LogP contribution in [0.15, 0.2) is 36.7 Å². The van der Waals surface area contributed by atoms with Gasteiger partial charge in [-0.3, -0.25) is 4.79 Å². The molecule has 3 heterocycles. The molecule has 1 amide bonds. The summed E-state index contributed by atoms with van der Waals surface area (Å²) in [5.74, 6) is -0.182. The molecule has 0 fully saturated rings. The fraction of sp³-hybridized carbons (Fsp3) is 0.462. The van der Waals surface area contributed by atoms with Gasteiger partial charge in [-0.25, -0.2) is 9.37 Å². The molecular formula is C26H35FN6O2Si. The SMILES string of the molecule is CC(CO[Si](C)(C)C(C)(C)C)n1cnnc1-c1cccc(NC(=O)c2cc3c(cc2F)CCNC3)n1. The molecule has 192 valence electrons. The van der Waals surface area contributed by atoms with Crippen LogP contribution in [0.5, 0.6) is 0 Å². The van der Waals surface area contributed by atoms with Crippen LogP contribution in [0.2, 0.25) is 18.1 Å². The molecule has 1 aliphatic rings. The van der Waals surface area contributed by atoms with Gasteiger partial charge < -0.3 is 19.6 Å². The number of hydrogen-bond acceptors (Lipinski definition) is 6. The summed E-state index contributed by atoms with van der Waals surface area (Å²) in [6.45, 7) is 15.1. The molecule has 10 heteroatoms. The lowest BCUT2D eigenvalue weighted by molar-refractivity contribution is 0.102. The molecule has 4 rings (SSSR count). The van der Waals surface area contributed by atoms with Gasteiger partial charge in [0.15, 0.2) is 14.1 Å². The predicted octanol–water partition coefficient (Wildman–Crippen LogP) is 4.96. The van der Waals surface area contributed by atoms with Gasteiger partial charge in [0, 0.05) is 6.54 Å². The normalized spacial score (nSPS) is 14.9. The van der Waals surface area contributed by atoms with Crippen LogP contribution in [0.3, 0.4) is 0 Å². The van der Waals surface area contributed by atoms with Crippen LogP contribution in [-0.2, 0) is 17.4 Å². The average Bonchev–Trinajstić information content (AvgIpc) is 3.32. The molecule has 0 spiro atoms. The second kappa shape index (κ2) is 10.2. The number of amides is 1. The molecule has 2 N–H and O–H groups in total. The van der Waals surface area contributed by atoms with Crippen LogP contribution in [0.25, 0.3) is 11.5 Å². The highest BCUT2D eigenvalue weighted by atomic mass is 28.4. The van der Waals surface area contributed by atoms with Gasteiger partial charge in [-0.1, -0.05) is 26.8 Å². The van der Waals surface area contributed by atoms with Gasteiger partial charge in [-0.15, -0.1) is 10.2 Å². The summed E-state index contributed by atoms with van der Waals surface area (Å²) >= 11 is 0. The summed E-state index contributed by atoms with van der Waals surface area (Å²) in [7, 11) is -1.90. The number of fused-ring (bicyclic) bond motifs is 1. The fourth-order valence-electron chi connectivity index (χ4n) is 3.86. The van der Waals surface area contributed by atoms with Crippen LogP contribution >= 0.6 is 0 Å². The van der Waals surface area contributed by atoms with Gasteiger partial charge in [0.05, 0.1) is 18.2 Å². The molecule has 0 bridgehead atoms. The highest BCUT2D eigenvalue weighted by Crippen LogP contribution is 2.37. The lowest BCUT2D eigenvalue weighted by Crippen LogP contribution is -2.42. The van der Waals surface area contributed by atoms with Crippen molar-refractivity contribution in [3.8, 4) is 11.5 Å². The van der Waals surface area contributed by atoms with E-state index in [1.54, 1.807) is 24.5 Å². The standard InChI is InChI=1S/C26H35FN6O2Si/c1-17(15-35-36(5,6)26(2,3)4)33-16-29-32-24(33)22-8-7-9-23(30-22)31-25(34)20-12-19-14-28-11-10-18(19)13-21(20)27/h7-9,12-13,16-17,28H,10-11,14-15H2,1-6H3,(H,30,31,34). The summed E-state index contributed by atoms with van der Waals surface area (Å²) in [4.78, 5) is 17.5. The first-order valence-electron chi connectivity index (χ1n) is 12.3. The maximum absolute atomic E-state index is 14.7. The lowest BCUT2D eigenvalue weighted by Gasteiger charge is -2.37. The number of nitrogens with one attached hydrogen (secondary N) is 2. The summed E-state index contributed by atoms with van der Waals surface area (Å²) in [6, 6.07) is 8.33. The molecular weight excluding hydrogens is 475 g/mol. The van der Waals surface area contributed by atoms with Gasteiger partial charge in [0.2, 0.25) is 0 Å². The number of carbonyl (C=O) groups excluding carboxylic acids is 1. The van der Waals surface area contributed by atoms with Gasteiger partial charge in [-0.05, 0) is 73.4 Å². The van der Waals surface area contributed by atoms with Crippen molar-refractivity contribution >= 4 is 20.0 Å². The zero-order valence-corrected chi connectivity index (χ0v) is 22.9. The fourth-order valence-corrected chi connectivity index (χ4v) is 4.95. The Labute approximate surface area is 212 Å². The Morgan fingerprint density at radius 3 is 2.81 bits per heavy atom. The molecule has 36 heavy (non-hydrogen) atoms. The molecule has 0 radical (unpaired) electrons. The third kappa shape index (κ3) is 5.55. The summed E-state index contributed by atoms with van der Waals surface area (Å²) in [5, 5.41) is 14.5. The molecule has 3 aromatic rings. The van der Waals surface area contributed by atoms with Crippen molar-refractivity contribution in [1.29, 1.82) is 0 Å². The number of carbonyl (C=O) groups is 1. The van der Waals surface area contributed by atoms with Crippen molar-refractivity contribution in [2.45, 2.75) is 64.8 Å². The molecule has 1 atom stereocenters. The Morgan fingerprint density at radius 2 is 2.06 bits per heavy atom. The van der Waals surface area contributed by atoms with Gasteiger partial charge in [0.25, 0.3) is 5.91 Å². The van der Waals surface area contributed by atoms with E-state index in [0.717, 1.165) is 24.1 Å². The minimum atomic E-state index is -1.90. The number of benzene rings is 1. The van der Waals surface area contributed by atoms with E-state index in [0.29, 0.717) is 30.5 Å². The maximum Gasteiger partial charge on any atom is 0.259 e. The molecule has 0 aliphatic carbocycles. The third-order valence-electron chi connectivity index (χ3n) is 7.18. The predicted molar refractivity (Wildman–Crippen MR) is 141 cm³/mol. The van der Waals surface area contributed by atoms with E-state index in [2.05, 4.69) is 66.6 Å². The van der Waals surface area contributed by atoms with Crippen LogP contribution in [0.4, 0.5) is 10.2 Å². The number of aromatic nitrogens is 4. The van der Waals surface area contributed by atoms with Crippen LogP contribution in [-0.4, -0.2) is 47.1 Å². The van der Waals surface area contributed by atoms with Gasteiger partial charge in [0.1, 0.15) is 23.7 Å². The summed E-state index contributed by atoms with van der Waals surface area (Å²) in [5.41, 5.74) is 2.44. The Balaban J connectivity index is 1.51.